The number of hydrogen-bond donors (Lipinski definition) is 0. The van der Waals surface area contributed by atoms with E-state index in [0.717, 1.165) is 41.5 Å². The molecule has 0 saturated heterocycles. The molecule has 2 radical (unpaired) electrons. The first kappa shape index (κ1) is 19.6. The maximum atomic E-state index is 6.94. The first-order valence-corrected chi connectivity index (χ1v) is 11.6. The molecule has 0 bridgehead atoms. The van der Waals surface area contributed by atoms with Crippen molar-refractivity contribution in [2.75, 3.05) is 0 Å². The number of aromatic nitrogens is 1. The van der Waals surface area contributed by atoms with Crippen LogP contribution in [0.1, 0.15) is 56.9 Å². The van der Waals surface area contributed by atoms with Gasteiger partial charge >= 0.3 is 0 Å². The summed E-state index contributed by atoms with van der Waals surface area (Å²) >= 11 is 0. The molecule has 1 aromatic heterocycles. The van der Waals surface area contributed by atoms with Crippen LogP contribution in [0.5, 0.6) is 0 Å². The molecule has 2 aliphatic rings. The van der Waals surface area contributed by atoms with Gasteiger partial charge in [-0.05, 0) is 35.2 Å². The van der Waals surface area contributed by atoms with Crippen molar-refractivity contribution in [3.05, 3.63) is 78.5 Å². The highest BCUT2D eigenvalue weighted by Crippen LogP contribution is 2.48. The number of nitrogens with zero attached hydrogens (tertiary/aromatic N) is 1. The van der Waals surface area contributed by atoms with Crippen molar-refractivity contribution in [1.82, 2.24) is 4.98 Å². The summed E-state index contributed by atoms with van der Waals surface area (Å²) in [5.41, 5.74) is 5.82. The van der Waals surface area contributed by atoms with Gasteiger partial charge in [-0.3, -0.25) is 4.98 Å². The Hall–Kier alpha value is -2.35. The van der Waals surface area contributed by atoms with Crippen molar-refractivity contribution in [2.45, 2.75) is 56.7 Å². The summed E-state index contributed by atoms with van der Waals surface area (Å²) in [5, 5.41) is -0.143. The molecule has 150 valence electrons. The lowest BCUT2D eigenvalue weighted by atomic mass is 9.62. The third-order valence-corrected chi connectivity index (χ3v) is 7.53. The van der Waals surface area contributed by atoms with E-state index in [0.29, 0.717) is 0 Å². The topological polar surface area (TPSA) is 12.9 Å². The maximum Gasteiger partial charge on any atom is 0.0810 e. The fourth-order valence-electron chi connectivity index (χ4n) is 5.72. The van der Waals surface area contributed by atoms with E-state index in [1.807, 2.05) is 24.4 Å². The van der Waals surface area contributed by atoms with Crippen molar-refractivity contribution in [2.24, 2.45) is 11.8 Å². The number of rotatable bonds is 4. The molecule has 1 heterocycles. The first-order chi connectivity index (χ1) is 14.7. The Balaban J connectivity index is 1.29. The normalized spacial score (nSPS) is 24.7. The van der Waals surface area contributed by atoms with Crippen molar-refractivity contribution < 1.29 is 0 Å². The van der Waals surface area contributed by atoms with Crippen LogP contribution < -0.4 is 0 Å². The van der Waals surface area contributed by atoms with Gasteiger partial charge in [0.25, 0.3) is 0 Å². The second kappa shape index (κ2) is 8.42. The monoisotopic (exact) mass is 391 g/mol. The summed E-state index contributed by atoms with van der Waals surface area (Å²) in [7, 11) is 6.94. The molecule has 2 aliphatic carbocycles. The Morgan fingerprint density at radius 1 is 0.700 bits per heavy atom. The zero-order valence-electron chi connectivity index (χ0n) is 17.8. The minimum Gasteiger partial charge on any atom is -0.256 e. The Morgan fingerprint density at radius 2 is 1.43 bits per heavy atom. The zero-order valence-corrected chi connectivity index (χ0v) is 17.8. The molecule has 5 rings (SSSR count). The van der Waals surface area contributed by atoms with Crippen LogP contribution in [0.2, 0.25) is 0 Å². The van der Waals surface area contributed by atoms with Crippen molar-refractivity contribution >= 4 is 7.85 Å². The fraction of sp³-hybridized carbons (Fsp3) is 0.393. The van der Waals surface area contributed by atoms with Crippen LogP contribution in [-0.4, -0.2) is 12.8 Å². The van der Waals surface area contributed by atoms with Gasteiger partial charge in [0.2, 0.25) is 0 Å². The van der Waals surface area contributed by atoms with Gasteiger partial charge in [-0.1, -0.05) is 111 Å². The van der Waals surface area contributed by atoms with Crippen molar-refractivity contribution in [1.29, 1.82) is 0 Å². The van der Waals surface area contributed by atoms with Crippen LogP contribution in [0.15, 0.2) is 72.9 Å². The third kappa shape index (κ3) is 3.97. The van der Waals surface area contributed by atoms with E-state index < -0.39 is 0 Å². The summed E-state index contributed by atoms with van der Waals surface area (Å²) in [6, 6.07) is 23.5. The molecule has 1 nitrogen and oxygen atoms in total. The van der Waals surface area contributed by atoms with Gasteiger partial charge in [0.05, 0.1) is 13.5 Å². The molecule has 0 N–H and O–H groups in total. The summed E-state index contributed by atoms with van der Waals surface area (Å²) in [5.74, 6) is 1.74. The molecule has 0 amide bonds. The summed E-state index contributed by atoms with van der Waals surface area (Å²) < 4.78 is 0. The van der Waals surface area contributed by atoms with Gasteiger partial charge in [0.15, 0.2) is 0 Å². The summed E-state index contributed by atoms with van der Waals surface area (Å²) in [4.78, 5) is 4.68. The van der Waals surface area contributed by atoms with Gasteiger partial charge in [-0.2, -0.15) is 0 Å². The van der Waals surface area contributed by atoms with Crippen LogP contribution in [0.25, 0.3) is 22.4 Å². The Morgan fingerprint density at radius 3 is 2.13 bits per heavy atom. The first-order valence-electron chi connectivity index (χ1n) is 11.6. The molecule has 0 spiro atoms. The minimum atomic E-state index is -0.143. The lowest BCUT2D eigenvalue weighted by molar-refractivity contribution is 0.248. The number of pyridine rings is 1. The smallest absolute Gasteiger partial charge is 0.0810 e. The van der Waals surface area contributed by atoms with Gasteiger partial charge in [0.1, 0.15) is 0 Å². The molecule has 2 atom stereocenters. The van der Waals surface area contributed by atoms with Crippen LogP contribution >= 0.6 is 0 Å². The molecule has 2 saturated carbocycles. The van der Waals surface area contributed by atoms with Gasteiger partial charge in [-0.25, -0.2) is 0 Å². The zero-order chi connectivity index (χ0) is 20.4. The molecule has 3 aromatic rings. The van der Waals surface area contributed by atoms with E-state index in [1.54, 1.807) is 0 Å². The highest BCUT2D eigenvalue weighted by Gasteiger charge is 2.39. The number of hydrogen-bond acceptors (Lipinski definition) is 1. The van der Waals surface area contributed by atoms with E-state index in [-0.39, 0.29) is 5.31 Å². The van der Waals surface area contributed by atoms with Crippen LogP contribution in [-0.2, 0) is 5.31 Å². The average molecular weight is 391 g/mol. The molecule has 2 aromatic carbocycles. The molecule has 30 heavy (non-hydrogen) atoms. The highest BCUT2D eigenvalue weighted by atomic mass is 14.7. The standard InChI is InChI=1S/C28H30BN/c29-28(18-17-24(19-28)21-7-3-1-4-8-21)26-14-11-22(12-15-26)25-13-16-27(30-20-25)23-9-5-2-6-10-23/h2,5-6,9-16,20-21,24H,1,3-4,7-8,17-19H2. The van der Waals surface area contributed by atoms with E-state index in [9.17, 15) is 0 Å². The Bertz CT molecular complexity index is 958. The van der Waals surface area contributed by atoms with Crippen molar-refractivity contribution in [3.63, 3.8) is 0 Å². The van der Waals surface area contributed by atoms with Crippen molar-refractivity contribution in [3.8, 4) is 22.4 Å². The van der Waals surface area contributed by atoms with Crippen LogP contribution in [0.3, 0.4) is 0 Å². The predicted octanol–water partition coefficient (Wildman–Crippen LogP) is 7.16. The third-order valence-electron chi connectivity index (χ3n) is 7.53. The summed E-state index contributed by atoms with van der Waals surface area (Å²) in [6.07, 6.45) is 12.7. The Labute approximate surface area is 182 Å². The maximum absolute atomic E-state index is 6.94. The van der Waals surface area contributed by atoms with E-state index in [1.165, 1.54) is 49.7 Å². The molecular weight excluding hydrogens is 361 g/mol. The second-order valence-corrected chi connectivity index (χ2v) is 9.43. The molecule has 2 unspecified atom stereocenters. The van der Waals surface area contributed by atoms with E-state index in [2.05, 4.69) is 53.5 Å². The second-order valence-electron chi connectivity index (χ2n) is 9.43. The average Bonchev–Trinajstić information content (AvgIpc) is 3.24. The predicted molar refractivity (Wildman–Crippen MR) is 126 cm³/mol. The molecule has 2 heteroatoms. The van der Waals surface area contributed by atoms with Crippen LogP contribution in [0.4, 0.5) is 0 Å². The molecular formula is C28H30BN. The largest absolute Gasteiger partial charge is 0.256 e. The highest BCUT2D eigenvalue weighted by molar-refractivity contribution is 6.16. The summed E-state index contributed by atoms with van der Waals surface area (Å²) in [6.45, 7) is 0. The lowest BCUT2D eigenvalue weighted by Crippen LogP contribution is -2.24. The van der Waals surface area contributed by atoms with Gasteiger partial charge in [-0.15, -0.1) is 0 Å². The lowest BCUT2D eigenvalue weighted by Gasteiger charge is -2.30. The van der Waals surface area contributed by atoms with Gasteiger partial charge in [0, 0.05) is 17.3 Å². The SMILES string of the molecule is [B]C1(c2ccc(-c3ccc(-c4ccccc4)nc3)cc2)CCC(C2CCCCC2)C1. The molecule has 0 aliphatic heterocycles. The minimum absolute atomic E-state index is 0.143. The van der Waals surface area contributed by atoms with E-state index in [4.69, 9.17) is 7.85 Å². The molecule has 2 fully saturated rings. The van der Waals surface area contributed by atoms with Gasteiger partial charge < -0.3 is 0 Å². The number of benzene rings is 2. The quantitative estimate of drug-likeness (QED) is 0.430. The van der Waals surface area contributed by atoms with E-state index >= 15 is 0 Å². The van der Waals surface area contributed by atoms with Crippen LogP contribution in [0, 0.1) is 11.8 Å². The fourth-order valence-corrected chi connectivity index (χ4v) is 5.72. The Kier molecular flexibility index (Phi) is 5.50.